The summed E-state index contributed by atoms with van der Waals surface area (Å²) in [6.07, 6.45) is -1.12. The van der Waals surface area contributed by atoms with Crippen LogP contribution in [0, 0.1) is 20.8 Å². The highest BCUT2D eigenvalue weighted by molar-refractivity contribution is 5.98. The van der Waals surface area contributed by atoms with E-state index < -0.39 is 18.0 Å². The maximum atomic E-state index is 13.2. The Kier molecular flexibility index (Phi) is 7.21. The predicted molar refractivity (Wildman–Crippen MR) is 129 cm³/mol. The van der Waals surface area contributed by atoms with Crippen LogP contribution in [-0.2, 0) is 16.1 Å². The maximum Gasteiger partial charge on any atom is 0.339 e. The van der Waals surface area contributed by atoms with Crippen LogP contribution in [0.15, 0.2) is 77.3 Å². The fourth-order valence-electron chi connectivity index (χ4n) is 3.57. The van der Waals surface area contributed by atoms with Gasteiger partial charge in [0.2, 0.25) is 17.8 Å². The van der Waals surface area contributed by atoms with Gasteiger partial charge in [0.05, 0.1) is 5.56 Å². The van der Waals surface area contributed by atoms with E-state index >= 15 is 0 Å². The van der Waals surface area contributed by atoms with E-state index in [2.05, 4.69) is 15.5 Å². The zero-order chi connectivity index (χ0) is 24.8. The Morgan fingerprint density at radius 3 is 2.26 bits per heavy atom. The molecule has 0 aliphatic heterocycles. The molecule has 8 nitrogen and oxygen atoms in total. The molecule has 1 N–H and O–H groups in total. The van der Waals surface area contributed by atoms with Crippen LogP contribution in [0.1, 0.15) is 44.9 Å². The molecule has 0 bridgehead atoms. The van der Waals surface area contributed by atoms with Gasteiger partial charge in [0.1, 0.15) is 5.75 Å². The average Bonchev–Trinajstić information content (AvgIpc) is 3.26. The van der Waals surface area contributed by atoms with Crippen LogP contribution in [0.3, 0.4) is 0 Å². The second-order valence-corrected chi connectivity index (χ2v) is 8.10. The van der Waals surface area contributed by atoms with Crippen molar-refractivity contribution in [2.75, 3.05) is 5.32 Å². The lowest BCUT2D eigenvalue weighted by atomic mass is 10.1. The summed E-state index contributed by atoms with van der Waals surface area (Å²) < 4.78 is 16.2. The summed E-state index contributed by atoms with van der Waals surface area (Å²) in [5.74, 6) is 0.332. The molecule has 1 aromatic heterocycles. The first kappa shape index (κ1) is 23.7. The number of amides is 1. The summed E-state index contributed by atoms with van der Waals surface area (Å²) in [6.45, 7) is 5.74. The number of nitrogens with zero attached hydrogens (tertiary/aromatic N) is 2. The number of ether oxygens (including phenoxy) is 2. The molecule has 0 saturated carbocycles. The third-order valence-electron chi connectivity index (χ3n) is 5.08. The van der Waals surface area contributed by atoms with Crippen molar-refractivity contribution in [2.45, 2.75) is 33.5 Å². The van der Waals surface area contributed by atoms with Gasteiger partial charge < -0.3 is 19.3 Å². The van der Waals surface area contributed by atoms with Gasteiger partial charge in [0.25, 0.3) is 5.91 Å². The first-order chi connectivity index (χ1) is 16.9. The number of carbonyl (C=O) groups excluding carboxylic acids is 2. The molecule has 0 radical (unpaired) electrons. The molecule has 8 heteroatoms. The quantitative estimate of drug-likeness (QED) is 0.356. The Morgan fingerprint density at radius 1 is 0.943 bits per heavy atom. The summed E-state index contributed by atoms with van der Waals surface area (Å²) in [5, 5.41) is 6.64. The maximum absolute atomic E-state index is 13.2. The highest BCUT2D eigenvalue weighted by Gasteiger charge is 2.26. The molecule has 4 rings (SSSR count). The monoisotopic (exact) mass is 471 g/mol. The summed E-state index contributed by atoms with van der Waals surface area (Å²) in [6, 6.07) is 21.1. The SMILES string of the molecule is Cc1cc(C)cc(NC(=O)C(OC(=O)c2ccc(OCc3noc(C)n3)cc2)c2ccccc2)c1. The molecule has 4 aromatic rings. The van der Waals surface area contributed by atoms with Crippen molar-refractivity contribution in [2.24, 2.45) is 0 Å². The molecule has 0 saturated heterocycles. The van der Waals surface area contributed by atoms with Crippen LogP contribution < -0.4 is 10.1 Å². The summed E-state index contributed by atoms with van der Waals surface area (Å²) >= 11 is 0. The van der Waals surface area contributed by atoms with Gasteiger partial charge >= 0.3 is 5.97 Å². The smallest absolute Gasteiger partial charge is 0.339 e. The van der Waals surface area contributed by atoms with Gasteiger partial charge in [-0.25, -0.2) is 4.79 Å². The second-order valence-electron chi connectivity index (χ2n) is 8.10. The van der Waals surface area contributed by atoms with Crippen molar-refractivity contribution in [1.29, 1.82) is 0 Å². The topological polar surface area (TPSA) is 104 Å². The Morgan fingerprint density at radius 2 is 1.63 bits per heavy atom. The molecule has 178 valence electrons. The van der Waals surface area contributed by atoms with Crippen LogP contribution in [0.25, 0.3) is 0 Å². The van der Waals surface area contributed by atoms with E-state index in [4.69, 9.17) is 14.0 Å². The highest BCUT2D eigenvalue weighted by Crippen LogP contribution is 2.23. The Balaban J connectivity index is 1.46. The van der Waals surface area contributed by atoms with Gasteiger partial charge in [-0.3, -0.25) is 4.79 Å². The van der Waals surface area contributed by atoms with Crippen LogP contribution in [-0.4, -0.2) is 22.0 Å². The predicted octanol–water partition coefficient (Wildman–Crippen LogP) is 5.11. The number of rotatable bonds is 8. The fraction of sp³-hybridized carbons (Fsp3) is 0.185. The Labute approximate surface area is 202 Å². The Hall–Kier alpha value is -4.46. The van der Waals surface area contributed by atoms with Crippen LogP contribution >= 0.6 is 0 Å². The van der Waals surface area contributed by atoms with Crippen LogP contribution in [0.4, 0.5) is 5.69 Å². The zero-order valence-corrected chi connectivity index (χ0v) is 19.6. The van der Waals surface area contributed by atoms with E-state index in [1.54, 1.807) is 55.5 Å². The number of hydrogen-bond acceptors (Lipinski definition) is 7. The number of esters is 1. The molecule has 1 unspecified atom stereocenters. The average molecular weight is 472 g/mol. The third-order valence-corrected chi connectivity index (χ3v) is 5.08. The molecule has 1 amide bonds. The number of benzene rings is 3. The lowest BCUT2D eigenvalue weighted by molar-refractivity contribution is -0.125. The summed E-state index contributed by atoms with van der Waals surface area (Å²) in [5.41, 5.74) is 3.53. The normalized spacial score (nSPS) is 11.5. The van der Waals surface area contributed by atoms with Crippen molar-refractivity contribution in [3.63, 3.8) is 0 Å². The van der Waals surface area contributed by atoms with Gasteiger partial charge in [-0.2, -0.15) is 4.98 Å². The molecule has 35 heavy (non-hydrogen) atoms. The second kappa shape index (κ2) is 10.6. The lowest BCUT2D eigenvalue weighted by Gasteiger charge is -2.18. The first-order valence-corrected chi connectivity index (χ1v) is 11.0. The number of carbonyl (C=O) groups is 2. The van der Waals surface area contributed by atoms with Crippen molar-refractivity contribution in [3.05, 3.63) is 107 Å². The standard InChI is InChI=1S/C27H25N3O5/c1-17-13-18(2)15-22(14-17)29-26(31)25(20-7-5-4-6-8-20)34-27(32)21-9-11-23(12-10-21)33-16-24-28-19(3)35-30-24/h4-15,25H,16H2,1-3H3,(H,29,31). The van der Waals surface area contributed by atoms with Crippen molar-refractivity contribution < 1.29 is 23.6 Å². The molecule has 1 heterocycles. The van der Waals surface area contributed by atoms with E-state index in [0.29, 0.717) is 28.7 Å². The zero-order valence-electron chi connectivity index (χ0n) is 19.6. The van der Waals surface area contributed by atoms with Gasteiger partial charge in [-0.15, -0.1) is 0 Å². The molecule has 0 fully saturated rings. The van der Waals surface area contributed by atoms with E-state index in [1.165, 1.54) is 0 Å². The molecular weight excluding hydrogens is 446 g/mol. The van der Waals surface area contributed by atoms with Gasteiger partial charge in [-0.1, -0.05) is 41.6 Å². The van der Waals surface area contributed by atoms with Crippen LogP contribution in [0.5, 0.6) is 5.75 Å². The minimum Gasteiger partial charge on any atom is -0.485 e. The van der Waals surface area contributed by atoms with Crippen molar-refractivity contribution in [3.8, 4) is 5.75 Å². The molecule has 0 aliphatic carbocycles. The van der Waals surface area contributed by atoms with Crippen molar-refractivity contribution >= 4 is 17.6 Å². The molecule has 0 spiro atoms. The van der Waals surface area contributed by atoms with E-state index in [-0.39, 0.29) is 12.2 Å². The van der Waals surface area contributed by atoms with Gasteiger partial charge in [0.15, 0.2) is 6.61 Å². The van der Waals surface area contributed by atoms with E-state index in [0.717, 1.165) is 11.1 Å². The molecule has 3 aromatic carbocycles. The number of anilines is 1. The third kappa shape index (κ3) is 6.32. The highest BCUT2D eigenvalue weighted by atomic mass is 16.5. The Bertz CT molecular complexity index is 1300. The van der Waals surface area contributed by atoms with Crippen molar-refractivity contribution in [1.82, 2.24) is 10.1 Å². The largest absolute Gasteiger partial charge is 0.485 e. The summed E-state index contributed by atoms with van der Waals surface area (Å²) in [4.78, 5) is 30.1. The minimum absolute atomic E-state index is 0.135. The van der Waals surface area contributed by atoms with Crippen LogP contribution in [0.2, 0.25) is 0 Å². The number of aryl methyl sites for hydroxylation is 3. The number of nitrogens with one attached hydrogen (secondary N) is 1. The first-order valence-electron chi connectivity index (χ1n) is 11.0. The van der Waals surface area contributed by atoms with E-state index in [1.807, 2.05) is 38.1 Å². The number of aromatic nitrogens is 2. The van der Waals surface area contributed by atoms with E-state index in [9.17, 15) is 9.59 Å². The van der Waals surface area contributed by atoms with Gasteiger partial charge in [0, 0.05) is 18.2 Å². The molecule has 1 atom stereocenters. The van der Waals surface area contributed by atoms with Gasteiger partial charge in [-0.05, 0) is 61.4 Å². The summed E-state index contributed by atoms with van der Waals surface area (Å²) in [7, 11) is 0. The molecular formula is C27H25N3O5. The fourth-order valence-corrected chi connectivity index (χ4v) is 3.57. The molecule has 0 aliphatic rings. The lowest BCUT2D eigenvalue weighted by Crippen LogP contribution is -2.26. The number of hydrogen-bond donors (Lipinski definition) is 1. The minimum atomic E-state index is -1.12.